The van der Waals surface area contributed by atoms with Gasteiger partial charge in [-0.15, -0.1) is 0 Å². The van der Waals surface area contributed by atoms with Crippen LogP contribution in [0.15, 0.2) is 106 Å². The summed E-state index contributed by atoms with van der Waals surface area (Å²) in [6.45, 7) is 1.35. The SMILES string of the molecule is CC1=C(C(=O)Nc2ccccc2)[C@@H](c2ccccc2)n2c(s/c(=C\c3ccc(OCC(=O)O)cc3)c2=O)=N1. The predicted octanol–water partition coefficient (Wildman–Crippen LogP) is 3.34. The molecule has 0 saturated heterocycles. The first-order valence-electron chi connectivity index (χ1n) is 11.8. The number of hydrogen-bond donors (Lipinski definition) is 2. The first kappa shape index (κ1) is 24.9. The Bertz CT molecular complexity index is 1710. The van der Waals surface area contributed by atoms with Crippen LogP contribution < -0.4 is 24.9 Å². The van der Waals surface area contributed by atoms with E-state index in [1.807, 2.05) is 48.5 Å². The fourth-order valence-electron chi connectivity index (χ4n) is 4.24. The monoisotopic (exact) mass is 525 g/mol. The molecule has 2 heterocycles. The van der Waals surface area contributed by atoms with Gasteiger partial charge in [-0.3, -0.25) is 14.2 Å². The van der Waals surface area contributed by atoms with Crippen molar-refractivity contribution in [3.05, 3.63) is 127 Å². The number of allylic oxidation sites excluding steroid dienone is 1. The van der Waals surface area contributed by atoms with Crippen LogP contribution >= 0.6 is 11.3 Å². The van der Waals surface area contributed by atoms with Crippen molar-refractivity contribution in [2.45, 2.75) is 13.0 Å². The number of thiazole rings is 1. The molecule has 0 spiro atoms. The largest absolute Gasteiger partial charge is 0.482 e. The molecule has 0 fully saturated rings. The molecule has 0 saturated carbocycles. The number of carboxylic acids is 1. The van der Waals surface area contributed by atoms with Crippen molar-refractivity contribution in [3.63, 3.8) is 0 Å². The van der Waals surface area contributed by atoms with E-state index >= 15 is 0 Å². The first-order chi connectivity index (χ1) is 18.4. The van der Waals surface area contributed by atoms with E-state index in [0.717, 1.165) is 11.1 Å². The Hall–Kier alpha value is -4.76. The molecule has 9 heteroatoms. The number of fused-ring (bicyclic) bond motifs is 1. The first-order valence-corrected chi connectivity index (χ1v) is 12.6. The number of carbonyl (C=O) groups is 2. The lowest BCUT2D eigenvalue weighted by atomic mass is 9.95. The number of aliphatic carboxylic acids is 1. The van der Waals surface area contributed by atoms with Gasteiger partial charge in [0.25, 0.3) is 11.5 Å². The van der Waals surface area contributed by atoms with E-state index in [-0.39, 0.29) is 11.5 Å². The number of rotatable bonds is 7. The minimum absolute atomic E-state index is 0.258. The lowest BCUT2D eigenvalue weighted by Gasteiger charge is -2.25. The summed E-state index contributed by atoms with van der Waals surface area (Å²) in [5.74, 6) is -0.965. The van der Waals surface area contributed by atoms with E-state index in [2.05, 4.69) is 10.3 Å². The zero-order valence-electron chi connectivity index (χ0n) is 20.3. The molecule has 5 rings (SSSR count). The zero-order chi connectivity index (χ0) is 26.6. The van der Waals surface area contributed by atoms with Gasteiger partial charge in [0.15, 0.2) is 11.4 Å². The van der Waals surface area contributed by atoms with Gasteiger partial charge >= 0.3 is 5.97 Å². The number of ether oxygens (including phenoxy) is 1. The molecule has 1 aliphatic rings. The third kappa shape index (κ3) is 5.18. The van der Waals surface area contributed by atoms with Gasteiger partial charge in [0, 0.05) is 5.69 Å². The van der Waals surface area contributed by atoms with E-state index < -0.39 is 18.6 Å². The maximum Gasteiger partial charge on any atom is 0.341 e. The summed E-state index contributed by atoms with van der Waals surface area (Å²) in [6, 6.07) is 24.7. The second kappa shape index (κ2) is 10.7. The minimum Gasteiger partial charge on any atom is -0.482 e. The van der Waals surface area contributed by atoms with E-state index in [1.54, 1.807) is 54.0 Å². The van der Waals surface area contributed by atoms with Crippen LogP contribution in [-0.4, -0.2) is 28.2 Å². The van der Waals surface area contributed by atoms with Gasteiger partial charge in [-0.1, -0.05) is 72.0 Å². The van der Waals surface area contributed by atoms with Gasteiger partial charge < -0.3 is 15.2 Å². The highest BCUT2D eigenvalue weighted by Crippen LogP contribution is 2.30. The number of carbonyl (C=O) groups excluding carboxylic acids is 1. The molecule has 0 unspecified atom stereocenters. The van der Waals surface area contributed by atoms with Crippen LogP contribution in [0.1, 0.15) is 24.1 Å². The maximum absolute atomic E-state index is 13.7. The Morgan fingerprint density at radius 3 is 2.34 bits per heavy atom. The number of carboxylic acid groups (broad SMARTS) is 1. The predicted molar refractivity (Wildman–Crippen MR) is 145 cm³/mol. The second-order valence-corrected chi connectivity index (χ2v) is 9.57. The van der Waals surface area contributed by atoms with Crippen molar-refractivity contribution in [2.24, 2.45) is 4.99 Å². The molecular formula is C29H23N3O5S. The van der Waals surface area contributed by atoms with Crippen molar-refractivity contribution in [1.29, 1.82) is 0 Å². The summed E-state index contributed by atoms with van der Waals surface area (Å²) in [6.07, 6.45) is 1.75. The number of anilines is 1. The van der Waals surface area contributed by atoms with Crippen LogP contribution in [0.25, 0.3) is 6.08 Å². The Kier molecular flexibility index (Phi) is 7.01. The van der Waals surface area contributed by atoms with Gasteiger partial charge in [0.05, 0.1) is 21.8 Å². The molecule has 4 aromatic rings. The molecule has 38 heavy (non-hydrogen) atoms. The minimum atomic E-state index is -1.06. The molecule has 1 amide bonds. The lowest BCUT2D eigenvalue weighted by Crippen LogP contribution is -2.40. The smallest absolute Gasteiger partial charge is 0.341 e. The van der Waals surface area contributed by atoms with Crippen LogP contribution in [0.5, 0.6) is 5.75 Å². The van der Waals surface area contributed by atoms with Crippen LogP contribution in [0.4, 0.5) is 5.69 Å². The molecule has 1 aromatic heterocycles. The van der Waals surface area contributed by atoms with Crippen molar-refractivity contribution in [1.82, 2.24) is 4.57 Å². The normalized spacial score (nSPS) is 15.0. The molecule has 0 aliphatic carbocycles. The van der Waals surface area contributed by atoms with Gasteiger partial charge in [0.2, 0.25) is 0 Å². The fourth-order valence-corrected chi connectivity index (χ4v) is 5.29. The standard InChI is InChI=1S/C29H23N3O5S/c1-18-25(27(35)31-21-10-6-3-7-11-21)26(20-8-4-2-5-9-20)32-28(36)23(38-29(32)30-18)16-19-12-14-22(15-13-19)37-17-24(33)34/h2-16,26H,17H2,1H3,(H,31,35)(H,33,34)/b23-16-/t26-/m1/s1. The Labute approximate surface area is 221 Å². The lowest BCUT2D eigenvalue weighted by molar-refractivity contribution is -0.139. The number of para-hydroxylation sites is 1. The van der Waals surface area contributed by atoms with Crippen molar-refractivity contribution >= 4 is 35.0 Å². The summed E-state index contributed by atoms with van der Waals surface area (Å²) in [5.41, 5.74) is 2.88. The van der Waals surface area contributed by atoms with Crippen molar-refractivity contribution in [2.75, 3.05) is 11.9 Å². The molecule has 190 valence electrons. The molecule has 8 nitrogen and oxygen atoms in total. The number of nitrogens with one attached hydrogen (secondary N) is 1. The average Bonchev–Trinajstić information content (AvgIpc) is 3.22. The highest BCUT2D eigenvalue weighted by Gasteiger charge is 2.32. The van der Waals surface area contributed by atoms with Gasteiger partial charge in [-0.05, 0) is 48.4 Å². The number of aromatic nitrogens is 1. The van der Waals surface area contributed by atoms with Gasteiger partial charge in [0.1, 0.15) is 5.75 Å². The number of nitrogens with zero attached hydrogens (tertiary/aromatic N) is 2. The Balaban J connectivity index is 1.56. The number of hydrogen-bond acceptors (Lipinski definition) is 6. The third-order valence-electron chi connectivity index (χ3n) is 5.95. The number of amides is 1. The van der Waals surface area contributed by atoms with E-state index in [9.17, 15) is 14.4 Å². The molecular weight excluding hydrogens is 502 g/mol. The van der Waals surface area contributed by atoms with Gasteiger partial charge in [-0.2, -0.15) is 0 Å². The van der Waals surface area contributed by atoms with Crippen LogP contribution in [0.3, 0.4) is 0 Å². The molecule has 3 aromatic carbocycles. The Morgan fingerprint density at radius 1 is 1.03 bits per heavy atom. The highest BCUT2D eigenvalue weighted by molar-refractivity contribution is 7.07. The second-order valence-electron chi connectivity index (χ2n) is 8.56. The van der Waals surface area contributed by atoms with Gasteiger partial charge in [-0.25, -0.2) is 9.79 Å². The fraction of sp³-hybridized carbons (Fsp3) is 0.103. The summed E-state index contributed by atoms with van der Waals surface area (Å²) >= 11 is 1.25. The topological polar surface area (TPSA) is 110 Å². The molecule has 0 radical (unpaired) electrons. The average molecular weight is 526 g/mol. The van der Waals surface area contributed by atoms with Crippen LogP contribution in [0.2, 0.25) is 0 Å². The molecule has 1 atom stereocenters. The van der Waals surface area contributed by atoms with E-state index in [4.69, 9.17) is 9.84 Å². The quantitative estimate of drug-likeness (QED) is 0.385. The Morgan fingerprint density at radius 2 is 1.68 bits per heavy atom. The van der Waals surface area contributed by atoms with E-state index in [1.165, 1.54) is 11.3 Å². The molecule has 1 aliphatic heterocycles. The van der Waals surface area contributed by atoms with Crippen molar-refractivity contribution in [3.8, 4) is 5.75 Å². The van der Waals surface area contributed by atoms with E-state index in [0.29, 0.717) is 32.0 Å². The molecule has 0 bridgehead atoms. The van der Waals surface area contributed by atoms with Crippen LogP contribution in [-0.2, 0) is 9.59 Å². The highest BCUT2D eigenvalue weighted by atomic mass is 32.1. The third-order valence-corrected chi connectivity index (χ3v) is 6.94. The molecule has 2 N–H and O–H groups in total. The maximum atomic E-state index is 13.7. The van der Waals surface area contributed by atoms with Crippen molar-refractivity contribution < 1.29 is 19.4 Å². The summed E-state index contributed by atoms with van der Waals surface area (Å²) < 4.78 is 7.21. The summed E-state index contributed by atoms with van der Waals surface area (Å²) in [5, 5.41) is 11.7. The zero-order valence-corrected chi connectivity index (χ0v) is 21.1. The number of benzene rings is 3. The summed E-state index contributed by atoms with van der Waals surface area (Å²) in [4.78, 5) is 43.1. The van der Waals surface area contributed by atoms with Crippen LogP contribution in [0, 0.1) is 0 Å². The summed E-state index contributed by atoms with van der Waals surface area (Å²) in [7, 11) is 0.